The summed E-state index contributed by atoms with van der Waals surface area (Å²) in [6.07, 6.45) is 6.04. The lowest BCUT2D eigenvalue weighted by Crippen LogP contribution is -2.31. The zero-order valence-corrected chi connectivity index (χ0v) is 10.9. The second-order valence-electron chi connectivity index (χ2n) is 5.48. The lowest BCUT2D eigenvalue weighted by atomic mass is 10.1. The number of aromatic nitrogens is 1. The van der Waals surface area contributed by atoms with Crippen molar-refractivity contribution in [2.75, 3.05) is 11.4 Å². The maximum absolute atomic E-state index is 6.04. The number of fused-ring (bicyclic) bond motifs is 3. The molecule has 1 saturated heterocycles. The highest BCUT2D eigenvalue weighted by atomic mass is 35.5. The summed E-state index contributed by atoms with van der Waals surface area (Å²) in [5, 5.41) is 1.99. The molecule has 0 amide bonds. The lowest BCUT2D eigenvalue weighted by Gasteiger charge is -2.30. The molecule has 0 radical (unpaired) electrons. The number of benzene rings is 1. The predicted octanol–water partition coefficient (Wildman–Crippen LogP) is 3.88. The van der Waals surface area contributed by atoms with Crippen LogP contribution in [0.2, 0.25) is 5.02 Å². The van der Waals surface area contributed by atoms with Gasteiger partial charge in [0, 0.05) is 34.9 Å². The van der Waals surface area contributed by atoms with Crippen molar-refractivity contribution in [2.45, 2.75) is 25.3 Å². The molecular weight excluding hydrogens is 244 g/mol. The van der Waals surface area contributed by atoms with E-state index in [0.29, 0.717) is 0 Å². The van der Waals surface area contributed by atoms with Crippen molar-refractivity contribution in [2.24, 2.45) is 5.92 Å². The van der Waals surface area contributed by atoms with E-state index in [1.807, 2.05) is 18.3 Å². The number of piperidine rings is 1. The average molecular weight is 259 g/mol. The molecule has 2 fully saturated rings. The van der Waals surface area contributed by atoms with Gasteiger partial charge in [-0.3, -0.25) is 4.98 Å². The Kier molecular flexibility index (Phi) is 2.28. The Morgan fingerprint density at radius 1 is 1.22 bits per heavy atom. The molecule has 0 N–H and O–H groups in total. The normalized spacial score (nSPS) is 26.2. The standard InChI is InChI=1S/C15H15ClN2/c16-11-2-4-13-14(8-11)17-6-5-15(13)18-9-10-1-3-12(18)7-10/h2,4-6,8,10,12H,1,3,7,9H2. The molecule has 1 aromatic carbocycles. The Morgan fingerprint density at radius 2 is 2.17 bits per heavy atom. The van der Waals surface area contributed by atoms with Crippen LogP contribution in [0.25, 0.3) is 10.9 Å². The van der Waals surface area contributed by atoms with Gasteiger partial charge in [-0.05, 0) is 49.4 Å². The van der Waals surface area contributed by atoms with Crippen LogP contribution in [0.1, 0.15) is 19.3 Å². The molecule has 2 atom stereocenters. The van der Waals surface area contributed by atoms with Crippen molar-refractivity contribution in [1.82, 2.24) is 4.98 Å². The van der Waals surface area contributed by atoms with E-state index in [9.17, 15) is 0 Å². The number of anilines is 1. The van der Waals surface area contributed by atoms with E-state index in [4.69, 9.17) is 11.6 Å². The van der Waals surface area contributed by atoms with Gasteiger partial charge in [-0.1, -0.05) is 11.6 Å². The van der Waals surface area contributed by atoms with Gasteiger partial charge in [0.15, 0.2) is 0 Å². The third-order valence-electron chi connectivity index (χ3n) is 4.40. The van der Waals surface area contributed by atoms with Gasteiger partial charge in [-0.15, -0.1) is 0 Å². The highest BCUT2D eigenvalue weighted by Gasteiger charge is 2.38. The Hall–Kier alpha value is -1.28. The summed E-state index contributed by atoms with van der Waals surface area (Å²) < 4.78 is 0. The Labute approximate surface area is 112 Å². The fraction of sp³-hybridized carbons (Fsp3) is 0.400. The van der Waals surface area contributed by atoms with Gasteiger partial charge in [-0.25, -0.2) is 0 Å². The first kappa shape index (κ1) is 10.6. The van der Waals surface area contributed by atoms with Crippen LogP contribution >= 0.6 is 11.6 Å². The maximum atomic E-state index is 6.04. The van der Waals surface area contributed by atoms with E-state index >= 15 is 0 Å². The molecule has 4 rings (SSSR count). The second-order valence-corrected chi connectivity index (χ2v) is 5.91. The van der Waals surface area contributed by atoms with Gasteiger partial charge in [0.05, 0.1) is 5.52 Å². The molecule has 2 unspecified atom stereocenters. The fourth-order valence-corrected chi connectivity index (χ4v) is 3.74. The Morgan fingerprint density at radius 3 is 2.94 bits per heavy atom. The first-order valence-electron chi connectivity index (χ1n) is 6.62. The number of pyridine rings is 1. The van der Waals surface area contributed by atoms with E-state index in [0.717, 1.165) is 22.5 Å². The van der Waals surface area contributed by atoms with Crippen molar-refractivity contribution in [1.29, 1.82) is 0 Å². The maximum Gasteiger partial charge on any atom is 0.0737 e. The molecule has 2 heterocycles. The molecule has 3 heteroatoms. The number of hydrogen-bond acceptors (Lipinski definition) is 2. The summed E-state index contributed by atoms with van der Waals surface area (Å²) in [6.45, 7) is 1.21. The van der Waals surface area contributed by atoms with E-state index < -0.39 is 0 Å². The number of nitrogens with zero attached hydrogens (tertiary/aromatic N) is 2. The highest BCUT2D eigenvalue weighted by Crippen LogP contribution is 2.42. The largest absolute Gasteiger partial charge is 0.368 e. The predicted molar refractivity (Wildman–Crippen MR) is 75.2 cm³/mol. The van der Waals surface area contributed by atoms with Crippen LogP contribution in [0.5, 0.6) is 0 Å². The minimum atomic E-state index is 0.747. The lowest BCUT2D eigenvalue weighted by molar-refractivity contribution is 0.554. The number of rotatable bonds is 1. The van der Waals surface area contributed by atoms with Gasteiger partial charge >= 0.3 is 0 Å². The molecule has 92 valence electrons. The molecule has 0 spiro atoms. The molecule has 1 aromatic heterocycles. The van der Waals surface area contributed by atoms with Gasteiger partial charge in [-0.2, -0.15) is 0 Å². The van der Waals surface area contributed by atoms with Crippen LogP contribution in [0.3, 0.4) is 0 Å². The summed E-state index contributed by atoms with van der Waals surface area (Å²) in [5.74, 6) is 0.908. The van der Waals surface area contributed by atoms with Crippen LogP contribution in [-0.4, -0.2) is 17.6 Å². The van der Waals surface area contributed by atoms with Crippen molar-refractivity contribution < 1.29 is 0 Å². The van der Waals surface area contributed by atoms with Crippen LogP contribution in [0.4, 0.5) is 5.69 Å². The summed E-state index contributed by atoms with van der Waals surface area (Å²) in [4.78, 5) is 7.00. The van der Waals surface area contributed by atoms with Crippen LogP contribution < -0.4 is 4.90 Å². The third kappa shape index (κ3) is 1.52. The quantitative estimate of drug-likeness (QED) is 0.772. The van der Waals surface area contributed by atoms with E-state index in [1.54, 1.807) is 0 Å². The van der Waals surface area contributed by atoms with Crippen molar-refractivity contribution in [3.63, 3.8) is 0 Å². The summed E-state index contributed by atoms with van der Waals surface area (Å²) in [7, 11) is 0. The zero-order valence-electron chi connectivity index (χ0n) is 10.1. The van der Waals surface area contributed by atoms with Gasteiger partial charge in [0.25, 0.3) is 0 Å². The van der Waals surface area contributed by atoms with Crippen LogP contribution in [0.15, 0.2) is 30.5 Å². The van der Waals surface area contributed by atoms with E-state index in [-0.39, 0.29) is 0 Å². The first-order valence-corrected chi connectivity index (χ1v) is 7.00. The molecule has 18 heavy (non-hydrogen) atoms. The molecule has 1 saturated carbocycles. The number of halogens is 1. The van der Waals surface area contributed by atoms with Crippen molar-refractivity contribution in [3.05, 3.63) is 35.5 Å². The third-order valence-corrected chi connectivity index (χ3v) is 4.64. The Bertz CT molecular complexity index is 610. The minimum absolute atomic E-state index is 0.747. The SMILES string of the molecule is Clc1ccc2c(N3CC4CCC3C4)ccnc2c1. The zero-order chi connectivity index (χ0) is 12.1. The van der Waals surface area contributed by atoms with Gasteiger partial charge in [0.1, 0.15) is 0 Å². The monoisotopic (exact) mass is 258 g/mol. The van der Waals surface area contributed by atoms with Crippen molar-refractivity contribution >= 4 is 28.2 Å². The molecule has 2 aliphatic rings. The summed E-state index contributed by atoms with van der Waals surface area (Å²) >= 11 is 6.04. The van der Waals surface area contributed by atoms with Gasteiger partial charge < -0.3 is 4.90 Å². The molecule has 2 nitrogen and oxygen atoms in total. The van der Waals surface area contributed by atoms with E-state index in [2.05, 4.69) is 22.0 Å². The van der Waals surface area contributed by atoms with E-state index in [1.165, 1.54) is 36.9 Å². The summed E-state index contributed by atoms with van der Waals surface area (Å²) in [6, 6.07) is 8.91. The topological polar surface area (TPSA) is 16.1 Å². The smallest absolute Gasteiger partial charge is 0.0737 e. The molecule has 1 aliphatic carbocycles. The summed E-state index contributed by atoms with van der Waals surface area (Å²) in [5.41, 5.74) is 2.34. The minimum Gasteiger partial charge on any atom is -0.368 e. The van der Waals surface area contributed by atoms with Crippen molar-refractivity contribution in [3.8, 4) is 0 Å². The van der Waals surface area contributed by atoms with Crippen LogP contribution in [0, 0.1) is 5.92 Å². The molecule has 2 aromatic rings. The van der Waals surface area contributed by atoms with Gasteiger partial charge in [0.2, 0.25) is 0 Å². The average Bonchev–Trinajstić information content (AvgIpc) is 2.99. The molecule has 2 bridgehead atoms. The van der Waals surface area contributed by atoms with Crippen LogP contribution in [-0.2, 0) is 0 Å². The Balaban J connectivity index is 1.85. The first-order chi connectivity index (χ1) is 8.81. The molecular formula is C15H15ClN2. The fourth-order valence-electron chi connectivity index (χ4n) is 3.58. The molecule has 1 aliphatic heterocycles. The highest BCUT2D eigenvalue weighted by molar-refractivity contribution is 6.31. The second kappa shape index (κ2) is 3.86. The number of hydrogen-bond donors (Lipinski definition) is 0.